The van der Waals surface area contributed by atoms with Crippen LogP contribution in [-0.4, -0.2) is 78.4 Å². The fourth-order valence-corrected chi connectivity index (χ4v) is 2.57. The first-order valence-corrected chi connectivity index (χ1v) is 6.57. The van der Waals surface area contributed by atoms with Crippen LogP contribution < -0.4 is 5.73 Å². The summed E-state index contributed by atoms with van der Waals surface area (Å²) in [5, 5.41) is 0. The first-order chi connectivity index (χ1) is 8.56. The molecule has 0 saturated carbocycles. The lowest BCUT2D eigenvalue weighted by molar-refractivity contribution is -0.139. The molecule has 0 unspecified atom stereocenters. The van der Waals surface area contributed by atoms with E-state index in [1.165, 1.54) is 0 Å². The number of carbonyl (C=O) groups is 2. The molecular weight excluding hydrogens is 232 g/mol. The highest BCUT2D eigenvalue weighted by Gasteiger charge is 2.26. The van der Waals surface area contributed by atoms with Gasteiger partial charge in [0.2, 0.25) is 11.8 Å². The highest BCUT2D eigenvalue weighted by Crippen LogP contribution is 2.08. The van der Waals surface area contributed by atoms with Crippen molar-refractivity contribution in [3.8, 4) is 0 Å². The number of hydrogen-bond acceptors (Lipinski definition) is 4. The predicted octanol–water partition coefficient (Wildman–Crippen LogP) is -1.29. The molecule has 6 nitrogen and oxygen atoms in total. The molecule has 0 radical (unpaired) electrons. The van der Waals surface area contributed by atoms with E-state index in [2.05, 4.69) is 4.90 Å². The monoisotopic (exact) mass is 254 g/mol. The van der Waals surface area contributed by atoms with E-state index >= 15 is 0 Å². The Labute approximate surface area is 108 Å². The molecule has 0 bridgehead atoms. The van der Waals surface area contributed by atoms with Gasteiger partial charge in [0.25, 0.3) is 0 Å². The van der Waals surface area contributed by atoms with E-state index in [0.29, 0.717) is 32.7 Å². The van der Waals surface area contributed by atoms with Crippen molar-refractivity contribution < 1.29 is 9.59 Å². The maximum absolute atomic E-state index is 12.1. The van der Waals surface area contributed by atoms with Crippen molar-refractivity contribution in [3.05, 3.63) is 0 Å². The van der Waals surface area contributed by atoms with E-state index in [-0.39, 0.29) is 17.9 Å². The van der Waals surface area contributed by atoms with Crippen molar-refractivity contribution >= 4 is 11.8 Å². The zero-order chi connectivity index (χ0) is 13.1. The summed E-state index contributed by atoms with van der Waals surface area (Å²) < 4.78 is 0. The molecule has 102 valence electrons. The van der Waals surface area contributed by atoms with Crippen LogP contribution in [0, 0.1) is 0 Å². The van der Waals surface area contributed by atoms with Gasteiger partial charge in [-0.1, -0.05) is 0 Å². The third kappa shape index (κ3) is 3.20. The number of piperazine rings is 1. The topological polar surface area (TPSA) is 69.9 Å². The largest absolute Gasteiger partial charge is 0.339 e. The molecule has 0 aromatic carbocycles. The first-order valence-electron chi connectivity index (χ1n) is 6.57. The fourth-order valence-electron chi connectivity index (χ4n) is 2.57. The average molecular weight is 254 g/mol. The van der Waals surface area contributed by atoms with Gasteiger partial charge in [0, 0.05) is 52.2 Å². The van der Waals surface area contributed by atoms with Gasteiger partial charge in [0.1, 0.15) is 0 Å². The Balaban J connectivity index is 1.75. The van der Waals surface area contributed by atoms with Gasteiger partial charge in [-0.15, -0.1) is 0 Å². The molecule has 2 heterocycles. The molecule has 0 aliphatic carbocycles. The Morgan fingerprint density at radius 3 is 2.22 bits per heavy atom. The number of nitrogens with two attached hydrogens (primary N) is 1. The van der Waals surface area contributed by atoms with Gasteiger partial charge < -0.3 is 15.5 Å². The molecule has 0 spiro atoms. The van der Waals surface area contributed by atoms with Gasteiger partial charge in [-0.05, 0) is 6.42 Å². The molecule has 2 aliphatic rings. The summed E-state index contributed by atoms with van der Waals surface area (Å²) in [6.45, 7) is 6.38. The van der Waals surface area contributed by atoms with Crippen LogP contribution in [0.5, 0.6) is 0 Å². The molecule has 2 N–H and O–H groups in total. The fraction of sp³-hybridized carbons (Fsp3) is 0.833. The second-order valence-corrected chi connectivity index (χ2v) is 5.17. The Kier molecular flexibility index (Phi) is 4.19. The van der Waals surface area contributed by atoms with Crippen molar-refractivity contribution in [1.82, 2.24) is 14.7 Å². The zero-order valence-corrected chi connectivity index (χ0v) is 11.0. The van der Waals surface area contributed by atoms with E-state index in [1.54, 1.807) is 11.8 Å². The van der Waals surface area contributed by atoms with Gasteiger partial charge >= 0.3 is 0 Å². The summed E-state index contributed by atoms with van der Waals surface area (Å²) in [5.74, 6) is 0.250. The lowest BCUT2D eigenvalue weighted by Gasteiger charge is -2.35. The maximum Gasteiger partial charge on any atom is 0.236 e. The molecule has 0 aromatic rings. The minimum atomic E-state index is 0.0904. The van der Waals surface area contributed by atoms with E-state index in [4.69, 9.17) is 5.73 Å². The molecule has 2 amide bonds. The van der Waals surface area contributed by atoms with Crippen LogP contribution in [0.2, 0.25) is 0 Å². The Hall–Kier alpha value is -1.14. The minimum absolute atomic E-state index is 0.0904. The minimum Gasteiger partial charge on any atom is -0.339 e. The van der Waals surface area contributed by atoms with Crippen LogP contribution in [0.25, 0.3) is 0 Å². The first kappa shape index (κ1) is 13.3. The predicted molar refractivity (Wildman–Crippen MR) is 67.9 cm³/mol. The zero-order valence-electron chi connectivity index (χ0n) is 11.0. The maximum atomic E-state index is 12.1. The average Bonchev–Trinajstić information content (AvgIpc) is 2.75. The lowest BCUT2D eigenvalue weighted by Crippen LogP contribution is -2.52. The highest BCUT2D eigenvalue weighted by atomic mass is 16.2. The Morgan fingerprint density at radius 2 is 1.72 bits per heavy atom. The van der Waals surface area contributed by atoms with Crippen molar-refractivity contribution in [2.45, 2.75) is 19.4 Å². The molecular formula is C12H22N4O2. The number of hydrogen-bond donors (Lipinski definition) is 1. The van der Waals surface area contributed by atoms with Crippen LogP contribution in [0.15, 0.2) is 0 Å². The normalized spacial score (nSPS) is 25.6. The van der Waals surface area contributed by atoms with E-state index in [9.17, 15) is 9.59 Å². The molecule has 2 fully saturated rings. The van der Waals surface area contributed by atoms with E-state index in [0.717, 1.165) is 19.5 Å². The van der Waals surface area contributed by atoms with Gasteiger partial charge in [-0.2, -0.15) is 0 Å². The van der Waals surface area contributed by atoms with Crippen molar-refractivity contribution in [1.29, 1.82) is 0 Å². The van der Waals surface area contributed by atoms with Crippen LogP contribution >= 0.6 is 0 Å². The lowest BCUT2D eigenvalue weighted by atomic mass is 10.3. The molecule has 2 saturated heterocycles. The van der Waals surface area contributed by atoms with E-state index in [1.807, 2.05) is 4.90 Å². The number of carbonyl (C=O) groups excluding carboxylic acids is 2. The van der Waals surface area contributed by atoms with Crippen molar-refractivity contribution in [2.24, 2.45) is 5.73 Å². The summed E-state index contributed by atoms with van der Waals surface area (Å²) in [5.41, 5.74) is 5.82. The summed E-state index contributed by atoms with van der Waals surface area (Å²) in [4.78, 5) is 29.0. The van der Waals surface area contributed by atoms with E-state index < -0.39 is 0 Å². The van der Waals surface area contributed by atoms with Crippen LogP contribution in [0.3, 0.4) is 0 Å². The molecule has 18 heavy (non-hydrogen) atoms. The highest BCUT2D eigenvalue weighted by molar-refractivity contribution is 5.79. The van der Waals surface area contributed by atoms with Crippen molar-refractivity contribution in [2.75, 3.05) is 45.8 Å². The molecule has 6 heteroatoms. The van der Waals surface area contributed by atoms with Gasteiger partial charge in [-0.3, -0.25) is 14.5 Å². The Bertz CT molecular complexity index is 326. The quantitative estimate of drug-likeness (QED) is 0.666. The van der Waals surface area contributed by atoms with Crippen LogP contribution in [-0.2, 0) is 9.59 Å². The smallest absolute Gasteiger partial charge is 0.236 e. The summed E-state index contributed by atoms with van der Waals surface area (Å²) in [6.07, 6.45) is 0.978. The van der Waals surface area contributed by atoms with Gasteiger partial charge in [-0.25, -0.2) is 0 Å². The van der Waals surface area contributed by atoms with Crippen molar-refractivity contribution in [3.63, 3.8) is 0 Å². The second kappa shape index (κ2) is 5.67. The second-order valence-electron chi connectivity index (χ2n) is 5.17. The molecule has 0 aromatic heterocycles. The third-order valence-corrected chi connectivity index (χ3v) is 3.75. The van der Waals surface area contributed by atoms with Gasteiger partial charge in [0.15, 0.2) is 0 Å². The number of nitrogens with zero attached hydrogens (tertiary/aromatic N) is 3. The standard InChI is InChI=1S/C12H22N4O2/c1-10(17)15-4-6-16(7-5-15)12(18)9-14-3-2-11(13)8-14/h11H,2-9,13H2,1H3/t11-/m0/s1. The molecule has 2 rings (SSSR count). The number of amides is 2. The van der Waals surface area contributed by atoms with Gasteiger partial charge in [0.05, 0.1) is 6.54 Å². The van der Waals surface area contributed by atoms with Crippen LogP contribution in [0.4, 0.5) is 0 Å². The SMILES string of the molecule is CC(=O)N1CCN(C(=O)CN2CC[C@H](N)C2)CC1. The summed E-state index contributed by atoms with van der Waals surface area (Å²) in [7, 11) is 0. The molecule has 1 atom stereocenters. The van der Waals surface area contributed by atoms with Crippen LogP contribution in [0.1, 0.15) is 13.3 Å². The summed E-state index contributed by atoms with van der Waals surface area (Å²) in [6, 6.07) is 0.215. The third-order valence-electron chi connectivity index (χ3n) is 3.75. The number of likely N-dealkylation sites (tertiary alicyclic amines) is 1. The molecule has 2 aliphatic heterocycles. The summed E-state index contributed by atoms with van der Waals surface area (Å²) >= 11 is 0. The number of rotatable bonds is 2. The Morgan fingerprint density at radius 1 is 1.11 bits per heavy atom.